The summed E-state index contributed by atoms with van der Waals surface area (Å²) in [6.45, 7) is 4.19. The first kappa shape index (κ1) is 13.5. The summed E-state index contributed by atoms with van der Waals surface area (Å²) in [4.78, 5) is 1.34. The molecule has 0 fully saturated rings. The van der Waals surface area contributed by atoms with E-state index < -0.39 is 0 Å². The van der Waals surface area contributed by atoms with Crippen molar-refractivity contribution in [1.29, 1.82) is 0 Å². The summed E-state index contributed by atoms with van der Waals surface area (Å²) in [6.07, 6.45) is 0. The molecule has 20 heavy (non-hydrogen) atoms. The fourth-order valence-electron chi connectivity index (χ4n) is 2.22. The molecule has 0 radical (unpaired) electrons. The molecule has 1 nitrogen and oxygen atoms in total. The first-order chi connectivity index (χ1) is 9.63. The van der Waals surface area contributed by atoms with Crippen LogP contribution < -0.4 is 5.32 Å². The third kappa shape index (κ3) is 2.67. The Morgan fingerprint density at radius 3 is 2.65 bits per heavy atom. The van der Waals surface area contributed by atoms with Crippen molar-refractivity contribution < 1.29 is 0 Å². The van der Waals surface area contributed by atoms with E-state index in [1.165, 1.54) is 15.0 Å². The first-order valence-corrected chi connectivity index (χ1v) is 7.84. The fourth-order valence-corrected chi connectivity index (χ4v) is 3.47. The van der Waals surface area contributed by atoms with Crippen LogP contribution in [0.5, 0.6) is 0 Å². The van der Waals surface area contributed by atoms with E-state index in [0.717, 1.165) is 16.3 Å². The standard InChI is InChI=1S/C17H16ClNS/c1-11-7-8-14(10-15(11)18)19-12(2)17-9-13-5-3-4-6-16(13)20-17/h3-10,12,19H,1-2H3. The predicted molar refractivity (Wildman–Crippen MR) is 90.1 cm³/mol. The molecule has 3 heteroatoms. The minimum atomic E-state index is 0.270. The molecule has 1 aromatic heterocycles. The van der Waals surface area contributed by atoms with Gasteiger partial charge in [0.25, 0.3) is 0 Å². The molecule has 0 spiro atoms. The van der Waals surface area contributed by atoms with Crippen LogP contribution in [-0.2, 0) is 0 Å². The van der Waals surface area contributed by atoms with Crippen molar-refractivity contribution in [1.82, 2.24) is 0 Å². The highest BCUT2D eigenvalue weighted by atomic mass is 35.5. The number of nitrogens with one attached hydrogen (secondary N) is 1. The lowest BCUT2D eigenvalue weighted by atomic mass is 10.2. The Morgan fingerprint density at radius 1 is 1.10 bits per heavy atom. The van der Waals surface area contributed by atoms with Crippen LogP contribution in [0.1, 0.15) is 23.4 Å². The van der Waals surface area contributed by atoms with Crippen LogP contribution in [0.25, 0.3) is 10.1 Å². The third-order valence-corrected chi connectivity index (χ3v) is 5.13. The van der Waals surface area contributed by atoms with Crippen molar-refractivity contribution >= 4 is 38.7 Å². The number of anilines is 1. The molecule has 1 N–H and O–H groups in total. The monoisotopic (exact) mass is 301 g/mol. The van der Waals surface area contributed by atoms with Crippen LogP contribution in [0.15, 0.2) is 48.5 Å². The normalized spacial score (nSPS) is 12.6. The number of benzene rings is 2. The summed E-state index contributed by atoms with van der Waals surface area (Å²) in [5, 5.41) is 5.63. The van der Waals surface area contributed by atoms with E-state index in [2.05, 4.69) is 48.6 Å². The van der Waals surface area contributed by atoms with Gasteiger partial charge in [-0.2, -0.15) is 0 Å². The smallest absolute Gasteiger partial charge is 0.0578 e. The van der Waals surface area contributed by atoms with Gasteiger partial charge in [0.15, 0.2) is 0 Å². The van der Waals surface area contributed by atoms with Gasteiger partial charge in [0.2, 0.25) is 0 Å². The van der Waals surface area contributed by atoms with E-state index in [9.17, 15) is 0 Å². The van der Waals surface area contributed by atoms with E-state index >= 15 is 0 Å². The lowest BCUT2D eigenvalue weighted by molar-refractivity contribution is 0.909. The van der Waals surface area contributed by atoms with E-state index in [-0.39, 0.29) is 6.04 Å². The van der Waals surface area contributed by atoms with Crippen molar-refractivity contribution in [3.05, 3.63) is 64.0 Å². The Labute approximate surface area is 128 Å². The Hall–Kier alpha value is -1.51. The molecule has 2 aromatic carbocycles. The molecule has 0 saturated carbocycles. The summed E-state index contributed by atoms with van der Waals surface area (Å²) in [6, 6.07) is 17.1. The molecule has 0 amide bonds. The number of hydrogen-bond donors (Lipinski definition) is 1. The summed E-state index contributed by atoms with van der Waals surface area (Å²) in [5.74, 6) is 0. The SMILES string of the molecule is Cc1ccc(NC(C)c2cc3ccccc3s2)cc1Cl. The van der Waals surface area contributed by atoms with Gasteiger partial charge < -0.3 is 5.32 Å². The van der Waals surface area contributed by atoms with E-state index in [0.29, 0.717) is 0 Å². The quantitative estimate of drug-likeness (QED) is 0.622. The Bertz CT molecular complexity index is 715. The highest BCUT2D eigenvalue weighted by Gasteiger charge is 2.10. The van der Waals surface area contributed by atoms with Crippen LogP contribution >= 0.6 is 22.9 Å². The van der Waals surface area contributed by atoms with Crippen molar-refractivity contribution in [2.75, 3.05) is 5.32 Å². The molecule has 0 saturated heterocycles. The molecule has 1 unspecified atom stereocenters. The van der Waals surface area contributed by atoms with Crippen molar-refractivity contribution in [3.8, 4) is 0 Å². The molecule has 0 aliphatic carbocycles. The average molecular weight is 302 g/mol. The Balaban J connectivity index is 1.84. The maximum absolute atomic E-state index is 6.17. The van der Waals surface area contributed by atoms with Gasteiger partial charge in [0.05, 0.1) is 6.04 Å². The Kier molecular flexibility index (Phi) is 3.68. The maximum atomic E-state index is 6.17. The zero-order chi connectivity index (χ0) is 14.1. The van der Waals surface area contributed by atoms with E-state index in [1.54, 1.807) is 0 Å². The summed E-state index contributed by atoms with van der Waals surface area (Å²) in [5.41, 5.74) is 2.16. The van der Waals surface area contributed by atoms with Gasteiger partial charge in [-0.3, -0.25) is 0 Å². The second-order valence-corrected chi connectivity index (χ2v) is 6.54. The number of fused-ring (bicyclic) bond motifs is 1. The molecule has 0 bridgehead atoms. The van der Waals surface area contributed by atoms with Crippen LogP contribution in [0, 0.1) is 6.92 Å². The Morgan fingerprint density at radius 2 is 1.90 bits per heavy atom. The minimum absolute atomic E-state index is 0.270. The summed E-state index contributed by atoms with van der Waals surface area (Å²) < 4.78 is 1.33. The number of halogens is 1. The van der Waals surface area contributed by atoms with Gasteiger partial charge in [-0.25, -0.2) is 0 Å². The lowest BCUT2D eigenvalue weighted by Gasteiger charge is -2.14. The van der Waals surface area contributed by atoms with Crippen LogP contribution in [0.4, 0.5) is 5.69 Å². The minimum Gasteiger partial charge on any atom is -0.378 e. The molecule has 1 atom stereocenters. The van der Waals surface area contributed by atoms with E-state index in [1.807, 2.05) is 30.4 Å². The molecule has 102 valence electrons. The largest absolute Gasteiger partial charge is 0.378 e. The van der Waals surface area contributed by atoms with Crippen LogP contribution in [-0.4, -0.2) is 0 Å². The van der Waals surface area contributed by atoms with Gasteiger partial charge in [-0.05, 0) is 49.1 Å². The van der Waals surface area contributed by atoms with Crippen molar-refractivity contribution in [2.24, 2.45) is 0 Å². The number of aryl methyl sites for hydroxylation is 1. The molecule has 3 rings (SSSR count). The summed E-state index contributed by atoms with van der Waals surface area (Å²) >= 11 is 8.01. The first-order valence-electron chi connectivity index (χ1n) is 6.64. The van der Waals surface area contributed by atoms with Gasteiger partial charge >= 0.3 is 0 Å². The van der Waals surface area contributed by atoms with Crippen molar-refractivity contribution in [2.45, 2.75) is 19.9 Å². The molecule has 0 aliphatic rings. The number of hydrogen-bond acceptors (Lipinski definition) is 2. The van der Waals surface area contributed by atoms with Gasteiger partial charge in [-0.1, -0.05) is 35.9 Å². The predicted octanol–water partition coefficient (Wildman–Crippen LogP) is 6.04. The van der Waals surface area contributed by atoms with Crippen molar-refractivity contribution in [3.63, 3.8) is 0 Å². The highest BCUT2D eigenvalue weighted by Crippen LogP contribution is 2.32. The van der Waals surface area contributed by atoms with Crippen LogP contribution in [0.3, 0.4) is 0 Å². The topological polar surface area (TPSA) is 12.0 Å². The van der Waals surface area contributed by atoms with Gasteiger partial charge in [0.1, 0.15) is 0 Å². The summed E-state index contributed by atoms with van der Waals surface area (Å²) in [7, 11) is 0. The highest BCUT2D eigenvalue weighted by molar-refractivity contribution is 7.19. The van der Waals surface area contributed by atoms with Crippen LogP contribution in [0.2, 0.25) is 5.02 Å². The molecule has 0 aliphatic heterocycles. The zero-order valence-corrected chi connectivity index (χ0v) is 13.1. The second kappa shape index (κ2) is 5.47. The fraction of sp³-hybridized carbons (Fsp3) is 0.176. The second-order valence-electron chi connectivity index (χ2n) is 5.02. The average Bonchev–Trinajstić information content (AvgIpc) is 2.87. The van der Waals surface area contributed by atoms with Gasteiger partial charge in [0, 0.05) is 20.3 Å². The van der Waals surface area contributed by atoms with E-state index in [4.69, 9.17) is 11.6 Å². The molecule has 1 heterocycles. The zero-order valence-electron chi connectivity index (χ0n) is 11.5. The maximum Gasteiger partial charge on any atom is 0.0578 e. The van der Waals surface area contributed by atoms with Gasteiger partial charge in [-0.15, -0.1) is 11.3 Å². The lowest BCUT2D eigenvalue weighted by Crippen LogP contribution is -2.04. The molecule has 3 aromatic rings. The number of thiophene rings is 1. The number of rotatable bonds is 3. The molecular formula is C17H16ClNS. The molecular weight excluding hydrogens is 286 g/mol. The third-order valence-electron chi connectivity index (χ3n) is 3.43.